The van der Waals surface area contributed by atoms with Gasteiger partial charge in [-0.1, -0.05) is 223 Å². The number of thioether (sulfide) groups is 1. The summed E-state index contributed by atoms with van der Waals surface area (Å²) in [5.41, 5.74) is 4.47. The fraction of sp³-hybridized carbons (Fsp3) is 0.419. The van der Waals surface area contributed by atoms with E-state index in [1.807, 2.05) is 133 Å². The van der Waals surface area contributed by atoms with Crippen LogP contribution in [0.25, 0.3) is 0 Å². The van der Waals surface area contributed by atoms with Gasteiger partial charge in [0.1, 0.15) is 54.3 Å². The first-order chi connectivity index (χ1) is 36.3. The number of hydrogen-bond acceptors (Lipinski definition) is 12. The van der Waals surface area contributed by atoms with Gasteiger partial charge >= 0.3 is 8.56 Å². The summed E-state index contributed by atoms with van der Waals surface area (Å²) in [5, 5.41) is 11.4. The fourth-order valence-corrected chi connectivity index (χ4v) is 16.2. The van der Waals surface area contributed by atoms with Gasteiger partial charge in [-0.2, -0.15) is 0 Å². The first-order valence-electron chi connectivity index (χ1n) is 26.1. The lowest BCUT2D eigenvalue weighted by atomic mass is 9.98. The molecule has 2 saturated heterocycles. The number of hydrogen-bond donors (Lipinski definition) is 1. The number of methoxy groups -OCH3 is 1. The van der Waals surface area contributed by atoms with Gasteiger partial charge in [-0.15, -0.1) is 0 Å². The van der Waals surface area contributed by atoms with Gasteiger partial charge in [-0.25, -0.2) is 0 Å². The van der Waals surface area contributed by atoms with E-state index >= 15 is 0 Å². The highest BCUT2D eigenvalue weighted by molar-refractivity contribution is 7.99. The van der Waals surface area contributed by atoms with E-state index in [-0.39, 0.29) is 26.4 Å². The Morgan fingerprint density at radius 3 is 1.17 bits per heavy atom. The Morgan fingerprint density at radius 1 is 0.427 bits per heavy atom. The highest BCUT2D eigenvalue weighted by atomic mass is 32.2. The van der Waals surface area contributed by atoms with Crippen molar-refractivity contribution in [3.05, 3.63) is 210 Å². The van der Waals surface area contributed by atoms with Gasteiger partial charge < -0.3 is 51.9 Å². The molecule has 0 spiro atoms. The molecular weight excluding hydrogens is 981 g/mol. The summed E-state index contributed by atoms with van der Waals surface area (Å²) in [7, 11) is -1.92. The zero-order chi connectivity index (χ0) is 52.7. The molecule has 6 aromatic rings. The van der Waals surface area contributed by atoms with Gasteiger partial charge in [0, 0.05) is 22.1 Å². The molecule has 2 aliphatic rings. The highest BCUT2D eigenvalue weighted by Crippen LogP contribution is 2.53. The van der Waals surface area contributed by atoms with Gasteiger partial charge in [-0.05, 0) is 39.9 Å². The minimum atomic E-state index is -3.50. The summed E-state index contributed by atoms with van der Waals surface area (Å²) in [6.07, 6.45) is -6.99. The minimum absolute atomic E-state index is 0.0114. The third-order valence-corrected chi connectivity index (χ3v) is 20.0. The lowest BCUT2D eigenvalue weighted by Gasteiger charge is -2.52. The maximum atomic E-state index is 12.4. The van der Waals surface area contributed by atoms with E-state index in [1.165, 1.54) is 0 Å². The molecule has 75 heavy (non-hydrogen) atoms. The Hall–Kier alpha value is -4.55. The van der Waals surface area contributed by atoms with E-state index in [4.69, 9.17) is 46.7 Å². The number of rotatable bonds is 24. The average molecular weight is 1060 g/mol. The van der Waals surface area contributed by atoms with E-state index in [0.717, 1.165) is 32.7 Å². The van der Waals surface area contributed by atoms with E-state index in [2.05, 4.69) is 90.1 Å². The molecule has 0 aliphatic carbocycles. The normalized spacial score (nSPS) is 24.5. The molecule has 6 aromatic carbocycles. The summed E-state index contributed by atoms with van der Waals surface area (Å²) >= 11 is 1.60. The predicted molar refractivity (Wildman–Crippen MR) is 295 cm³/mol. The number of benzene rings is 6. The molecule has 1 unspecified atom stereocenters. The maximum Gasteiger partial charge on any atom is 0.349 e. The molecule has 11 nitrogen and oxygen atoms in total. The molecular formula is C62H76O11SSi. The van der Waals surface area contributed by atoms with Crippen molar-refractivity contribution >= 4 is 20.3 Å². The molecule has 2 aliphatic heterocycles. The largest absolute Gasteiger partial charge is 0.391 e. The monoisotopic (exact) mass is 1060 g/mol. The van der Waals surface area contributed by atoms with E-state index in [0.29, 0.717) is 19.8 Å². The quantitative estimate of drug-likeness (QED) is 0.0583. The zero-order valence-electron chi connectivity index (χ0n) is 44.5. The molecule has 10 atom stereocenters. The summed E-state index contributed by atoms with van der Waals surface area (Å²) in [4.78, 5) is 1.02. The van der Waals surface area contributed by atoms with Crippen LogP contribution in [-0.2, 0) is 79.8 Å². The molecule has 0 radical (unpaired) electrons. The van der Waals surface area contributed by atoms with Crippen LogP contribution in [0.1, 0.15) is 69.4 Å². The van der Waals surface area contributed by atoms with Crippen molar-refractivity contribution in [2.24, 2.45) is 0 Å². The van der Waals surface area contributed by atoms with Gasteiger partial charge in [0.2, 0.25) is 0 Å². The second-order valence-electron chi connectivity index (χ2n) is 21.3. The Bertz CT molecular complexity index is 2520. The van der Waals surface area contributed by atoms with Crippen LogP contribution in [-0.4, -0.2) is 94.5 Å². The molecule has 2 heterocycles. The molecule has 0 saturated carbocycles. The number of aliphatic hydroxyl groups is 1. The van der Waals surface area contributed by atoms with E-state index in [1.54, 1.807) is 18.9 Å². The van der Waals surface area contributed by atoms with E-state index < -0.39 is 79.2 Å². The van der Waals surface area contributed by atoms with Crippen molar-refractivity contribution in [2.75, 3.05) is 20.3 Å². The van der Waals surface area contributed by atoms with Gasteiger partial charge in [-0.3, -0.25) is 0 Å². The van der Waals surface area contributed by atoms with E-state index in [9.17, 15) is 5.11 Å². The lowest BCUT2D eigenvalue weighted by molar-refractivity contribution is -0.313. The third-order valence-electron chi connectivity index (χ3n) is 13.7. The highest BCUT2D eigenvalue weighted by Gasteiger charge is 2.60. The van der Waals surface area contributed by atoms with Crippen LogP contribution >= 0.6 is 11.8 Å². The molecule has 2 fully saturated rings. The number of ether oxygens (including phenoxy) is 8. The molecule has 8 rings (SSSR count). The van der Waals surface area contributed by atoms with Crippen LogP contribution in [0.4, 0.5) is 0 Å². The van der Waals surface area contributed by atoms with Crippen molar-refractivity contribution in [1.82, 2.24) is 0 Å². The fourth-order valence-electron chi connectivity index (χ4n) is 10.2. The Labute approximate surface area is 450 Å². The zero-order valence-corrected chi connectivity index (χ0v) is 46.3. The third kappa shape index (κ3) is 15.1. The van der Waals surface area contributed by atoms with Crippen molar-refractivity contribution in [3.8, 4) is 0 Å². The van der Waals surface area contributed by atoms with Crippen molar-refractivity contribution in [2.45, 2.75) is 150 Å². The topological polar surface area (TPSA) is 113 Å². The van der Waals surface area contributed by atoms with Gasteiger partial charge in [0.05, 0.1) is 46.2 Å². The predicted octanol–water partition coefficient (Wildman–Crippen LogP) is 12.2. The second-order valence-corrected chi connectivity index (χ2v) is 27.3. The second kappa shape index (κ2) is 27.2. The van der Waals surface area contributed by atoms with Gasteiger partial charge in [0.25, 0.3) is 0 Å². The van der Waals surface area contributed by atoms with Crippen LogP contribution in [0.2, 0.25) is 10.1 Å². The first-order valence-corrected chi connectivity index (χ1v) is 28.8. The standard InChI is InChI=1S/C62H76O11SSi/c1-61(2,3)75(62(4,5)6,70-43-51-53(63)55(66-39-46-28-16-9-17-29-46)57(59(64-7)72-51)68-41-48-32-20-11-21-33-48)71-44-52-54(65-38-45-26-14-8-15-27-45)56(67-40-47-30-18-10-19-31-47)58(69-42-49-34-22-12-23-35-49)60(73-52)74-50-36-24-13-25-37-50/h8-37,51-60,63H,38-44H2,1-7H3/t51-,52-,53-,54-,55+,56+,57-,58-,59+,60?/m1/s1. The summed E-state index contributed by atoms with van der Waals surface area (Å²) in [6.45, 7) is 14.6. The van der Waals surface area contributed by atoms with Crippen LogP contribution in [0, 0.1) is 0 Å². The number of aliphatic hydroxyl groups excluding tert-OH is 1. The molecule has 0 bridgehead atoms. The molecule has 400 valence electrons. The van der Waals surface area contributed by atoms with Crippen LogP contribution in [0.3, 0.4) is 0 Å². The maximum absolute atomic E-state index is 12.4. The van der Waals surface area contributed by atoms with Crippen molar-refractivity contribution in [1.29, 1.82) is 0 Å². The Balaban J connectivity index is 1.11. The smallest absolute Gasteiger partial charge is 0.349 e. The summed E-state index contributed by atoms with van der Waals surface area (Å²) in [6, 6.07) is 60.5. The minimum Gasteiger partial charge on any atom is -0.391 e. The van der Waals surface area contributed by atoms with Crippen LogP contribution in [0.15, 0.2) is 187 Å². The average Bonchev–Trinajstić information content (AvgIpc) is 3.42. The molecule has 0 amide bonds. The molecule has 13 heteroatoms. The van der Waals surface area contributed by atoms with Crippen molar-refractivity contribution < 1.29 is 51.9 Å². The molecule has 0 aromatic heterocycles. The first kappa shape index (κ1) is 56.6. The summed E-state index contributed by atoms with van der Waals surface area (Å²) < 4.78 is 69.2. The Kier molecular flexibility index (Phi) is 20.5. The van der Waals surface area contributed by atoms with Crippen LogP contribution < -0.4 is 0 Å². The summed E-state index contributed by atoms with van der Waals surface area (Å²) in [5.74, 6) is 0. The van der Waals surface area contributed by atoms with Crippen LogP contribution in [0.5, 0.6) is 0 Å². The van der Waals surface area contributed by atoms with Crippen molar-refractivity contribution in [3.63, 3.8) is 0 Å². The van der Waals surface area contributed by atoms with Gasteiger partial charge in [0.15, 0.2) is 6.29 Å². The Morgan fingerprint density at radius 2 is 0.773 bits per heavy atom. The lowest BCUT2D eigenvalue weighted by Crippen LogP contribution is -2.65. The molecule has 1 N–H and O–H groups in total. The SMILES string of the molecule is CO[C@H]1O[C@H](CO[Si](OC[C@H]2OC(Sc3ccccc3)[C@H](OCc3ccccc3)[C@@H](OCc3ccccc3)[C@@H]2OCc2ccccc2)(C(C)(C)C)C(C)(C)C)[C@@H](O)[C@H](OCc2ccccc2)[C@H]1OCc1ccccc1.